The Bertz CT molecular complexity index is 67.3. The molecule has 1 N–H and O–H groups in total. The molecule has 0 aromatic carbocycles. The van der Waals surface area contributed by atoms with E-state index in [-0.39, 0.29) is 0 Å². The summed E-state index contributed by atoms with van der Waals surface area (Å²) in [5.74, 6) is 0. The van der Waals surface area contributed by atoms with E-state index in [4.69, 9.17) is 0 Å². The fourth-order valence-electron chi connectivity index (χ4n) is 1.20. The first kappa shape index (κ1) is 7.42. The van der Waals surface area contributed by atoms with Gasteiger partial charge in [0.25, 0.3) is 0 Å². The summed E-state index contributed by atoms with van der Waals surface area (Å²) in [6.45, 7) is 1.23. The minimum Gasteiger partial charge on any atom is -0.305 e. The number of nitrogens with one attached hydrogen (secondary N) is 1. The van der Waals surface area contributed by atoms with Crippen molar-refractivity contribution < 1.29 is 0 Å². The second kappa shape index (κ2) is 4.18. The summed E-state index contributed by atoms with van der Waals surface area (Å²) >= 11 is 1.95. The average Bonchev–Trinajstić information content (AvgIpc) is 2.13. The van der Waals surface area contributed by atoms with Gasteiger partial charge < -0.3 is 5.32 Å². The van der Waals surface area contributed by atoms with E-state index in [0.717, 1.165) is 5.37 Å². The largest absolute Gasteiger partial charge is 0.305 e. The molecule has 1 unspecified atom stereocenters. The molecule has 0 saturated carbocycles. The van der Waals surface area contributed by atoms with Gasteiger partial charge in [-0.25, -0.2) is 0 Å². The molecule has 1 aliphatic rings. The van der Waals surface area contributed by atoms with Crippen LogP contribution in [0.4, 0.5) is 0 Å². The lowest BCUT2D eigenvalue weighted by atomic mass is 10.2. The second-order valence-electron chi connectivity index (χ2n) is 2.53. The van der Waals surface area contributed by atoms with E-state index in [1.165, 1.54) is 32.2 Å². The predicted molar refractivity (Wildman–Crippen MR) is 43.8 cm³/mol. The standard InChI is InChI=1S/C7H15NS/c1-9-7-5-3-2-4-6-8-7/h7-8H,2-6H2,1H3. The smallest absolute Gasteiger partial charge is 0.0529 e. The van der Waals surface area contributed by atoms with Crippen molar-refractivity contribution in [2.24, 2.45) is 0 Å². The zero-order valence-corrected chi connectivity index (χ0v) is 6.84. The number of hydrogen-bond donors (Lipinski definition) is 1. The van der Waals surface area contributed by atoms with Crippen LogP contribution in [0.1, 0.15) is 25.7 Å². The highest BCUT2D eigenvalue weighted by molar-refractivity contribution is 7.99. The summed E-state index contributed by atoms with van der Waals surface area (Å²) in [7, 11) is 0. The van der Waals surface area contributed by atoms with Gasteiger partial charge in [-0.2, -0.15) is 0 Å². The summed E-state index contributed by atoms with van der Waals surface area (Å²) in [6, 6.07) is 0. The van der Waals surface area contributed by atoms with E-state index in [0.29, 0.717) is 0 Å². The van der Waals surface area contributed by atoms with Crippen molar-refractivity contribution in [2.45, 2.75) is 31.1 Å². The van der Waals surface area contributed by atoms with Crippen molar-refractivity contribution in [1.29, 1.82) is 0 Å². The molecular weight excluding hydrogens is 130 g/mol. The Hall–Kier alpha value is 0.310. The van der Waals surface area contributed by atoms with Crippen LogP contribution in [0.3, 0.4) is 0 Å². The van der Waals surface area contributed by atoms with E-state index < -0.39 is 0 Å². The maximum Gasteiger partial charge on any atom is 0.0529 e. The van der Waals surface area contributed by atoms with Gasteiger partial charge in [0.1, 0.15) is 0 Å². The molecule has 0 aromatic rings. The lowest BCUT2D eigenvalue weighted by Gasteiger charge is -2.10. The van der Waals surface area contributed by atoms with Crippen molar-refractivity contribution in [3.8, 4) is 0 Å². The van der Waals surface area contributed by atoms with Gasteiger partial charge in [-0.3, -0.25) is 0 Å². The molecule has 0 spiro atoms. The molecule has 1 heterocycles. The summed E-state index contributed by atoms with van der Waals surface area (Å²) in [5.41, 5.74) is 0. The Morgan fingerprint density at radius 1 is 1.33 bits per heavy atom. The molecular formula is C7H15NS. The quantitative estimate of drug-likeness (QED) is 0.604. The maximum atomic E-state index is 3.49. The molecule has 1 atom stereocenters. The molecule has 1 fully saturated rings. The second-order valence-corrected chi connectivity index (χ2v) is 3.57. The van der Waals surface area contributed by atoms with Crippen LogP contribution < -0.4 is 5.32 Å². The molecule has 1 rings (SSSR count). The first-order valence-corrected chi connectivity index (χ1v) is 4.98. The third kappa shape index (κ3) is 2.59. The Balaban J connectivity index is 2.18. The van der Waals surface area contributed by atoms with E-state index in [2.05, 4.69) is 11.6 Å². The van der Waals surface area contributed by atoms with Crippen LogP contribution in [0.5, 0.6) is 0 Å². The highest BCUT2D eigenvalue weighted by atomic mass is 32.2. The van der Waals surface area contributed by atoms with Crippen molar-refractivity contribution in [3.63, 3.8) is 0 Å². The van der Waals surface area contributed by atoms with Crippen LogP contribution in [0.2, 0.25) is 0 Å². The molecule has 1 saturated heterocycles. The molecule has 2 heteroatoms. The number of rotatable bonds is 1. The third-order valence-corrected chi connectivity index (χ3v) is 2.77. The highest BCUT2D eigenvalue weighted by Crippen LogP contribution is 2.15. The summed E-state index contributed by atoms with van der Waals surface area (Å²) < 4.78 is 0. The number of thioether (sulfide) groups is 1. The fourth-order valence-corrected chi connectivity index (χ4v) is 1.88. The van der Waals surface area contributed by atoms with E-state index >= 15 is 0 Å². The van der Waals surface area contributed by atoms with Crippen molar-refractivity contribution in [1.82, 2.24) is 5.32 Å². The molecule has 0 amide bonds. The van der Waals surface area contributed by atoms with Gasteiger partial charge >= 0.3 is 0 Å². The van der Waals surface area contributed by atoms with Gasteiger partial charge in [-0.1, -0.05) is 12.8 Å². The monoisotopic (exact) mass is 145 g/mol. The molecule has 1 nitrogen and oxygen atoms in total. The van der Waals surface area contributed by atoms with Crippen LogP contribution in [-0.2, 0) is 0 Å². The first-order chi connectivity index (χ1) is 4.43. The third-order valence-electron chi connectivity index (χ3n) is 1.80. The average molecular weight is 145 g/mol. The molecule has 0 aromatic heterocycles. The van der Waals surface area contributed by atoms with Gasteiger partial charge in [0.2, 0.25) is 0 Å². The van der Waals surface area contributed by atoms with Gasteiger partial charge in [0, 0.05) is 0 Å². The minimum absolute atomic E-state index is 0.743. The lowest BCUT2D eigenvalue weighted by Crippen LogP contribution is -2.24. The van der Waals surface area contributed by atoms with Crippen molar-refractivity contribution >= 4 is 11.8 Å². The maximum absolute atomic E-state index is 3.49. The molecule has 9 heavy (non-hydrogen) atoms. The molecule has 0 aliphatic carbocycles. The summed E-state index contributed by atoms with van der Waals surface area (Å²) in [5, 5.41) is 4.24. The fraction of sp³-hybridized carbons (Fsp3) is 1.00. The van der Waals surface area contributed by atoms with Gasteiger partial charge in [-0.05, 0) is 25.6 Å². The summed E-state index contributed by atoms with van der Waals surface area (Å²) in [6.07, 6.45) is 7.75. The van der Waals surface area contributed by atoms with E-state index in [1.54, 1.807) is 0 Å². The van der Waals surface area contributed by atoms with E-state index in [1.807, 2.05) is 11.8 Å². The zero-order valence-electron chi connectivity index (χ0n) is 6.02. The first-order valence-electron chi connectivity index (χ1n) is 3.69. The van der Waals surface area contributed by atoms with E-state index in [9.17, 15) is 0 Å². The molecule has 0 radical (unpaired) electrons. The van der Waals surface area contributed by atoms with Gasteiger partial charge in [0.15, 0.2) is 0 Å². The number of hydrogen-bond acceptors (Lipinski definition) is 2. The SMILES string of the molecule is CSC1CCCCCN1. The molecule has 54 valence electrons. The minimum atomic E-state index is 0.743. The van der Waals surface area contributed by atoms with Crippen LogP contribution in [0, 0.1) is 0 Å². The van der Waals surface area contributed by atoms with Gasteiger partial charge in [0.05, 0.1) is 5.37 Å². The van der Waals surface area contributed by atoms with Crippen LogP contribution in [-0.4, -0.2) is 18.2 Å². The van der Waals surface area contributed by atoms with Gasteiger partial charge in [-0.15, -0.1) is 11.8 Å². The molecule has 1 aliphatic heterocycles. The van der Waals surface area contributed by atoms with Crippen molar-refractivity contribution in [2.75, 3.05) is 12.8 Å². The topological polar surface area (TPSA) is 12.0 Å². The lowest BCUT2D eigenvalue weighted by molar-refractivity contribution is 0.659. The highest BCUT2D eigenvalue weighted by Gasteiger charge is 2.07. The van der Waals surface area contributed by atoms with Crippen LogP contribution in [0.15, 0.2) is 0 Å². The normalized spacial score (nSPS) is 29.7. The van der Waals surface area contributed by atoms with Crippen LogP contribution >= 0.6 is 11.8 Å². The predicted octanol–water partition coefficient (Wildman–Crippen LogP) is 1.84. The summed E-state index contributed by atoms with van der Waals surface area (Å²) in [4.78, 5) is 0. The Morgan fingerprint density at radius 3 is 3.00 bits per heavy atom. The zero-order chi connectivity index (χ0) is 6.53. The Labute approximate surface area is 61.6 Å². The Kier molecular flexibility index (Phi) is 3.44. The van der Waals surface area contributed by atoms with Crippen LogP contribution in [0.25, 0.3) is 0 Å². The van der Waals surface area contributed by atoms with Crippen molar-refractivity contribution in [3.05, 3.63) is 0 Å². The molecule has 0 bridgehead atoms. The Morgan fingerprint density at radius 2 is 2.22 bits per heavy atom.